The third-order valence-electron chi connectivity index (χ3n) is 10.4. The Kier molecular flexibility index (Phi) is 9.29. The van der Waals surface area contributed by atoms with Crippen LogP contribution in [0.2, 0.25) is 0 Å². The lowest BCUT2D eigenvalue weighted by atomic mass is 9.65. The van der Waals surface area contributed by atoms with E-state index in [1.54, 1.807) is 91.0 Å². The Morgan fingerprint density at radius 1 is 0.741 bits per heavy atom. The molecular formula is C36H34N6O10S2. The van der Waals surface area contributed by atoms with Gasteiger partial charge >= 0.3 is 11.9 Å². The van der Waals surface area contributed by atoms with Crippen molar-refractivity contribution in [1.82, 2.24) is 28.5 Å². The van der Waals surface area contributed by atoms with E-state index in [1.165, 1.54) is 9.36 Å². The third-order valence-corrected chi connectivity index (χ3v) is 13.0. The molecule has 4 amide bonds. The number of rotatable bonds is 8. The van der Waals surface area contributed by atoms with Crippen molar-refractivity contribution in [3.63, 3.8) is 0 Å². The fourth-order valence-electron chi connectivity index (χ4n) is 7.84. The summed E-state index contributed by atoms with van der Waals surface area (Å²) in [5.41, 5.74) is 0.758. The van der Waals surface area contributed by atoms with Crippen LogP contribution in [0, 0.1) is 6.92 Å². The Balaban J connectivity index is 1.56. The van der Waals surface area contributed by atoms with E-state index in [2.05, 4.69) is 0 Å². The standard InChI is InChI=1S/C36H34N6O10S2/c1-19-26(30(45)41(37(19)2)20-12-8-6-9-13-20)22-16-23-27(31(46)42(38(23)3)21-14-10-7-11-15-21)28(29-32(47)39(34(49)53-29)17-24(43)51-4)36(22)33(48)40(35(50)54-36)18-25(44)52-5/h6-15,22,28-29H,16-18H2,1-5H3. The molecule has 4 heterocycles. The van der Waals surface area contributed by atoms with Crippen LogP contribution in [-0.4, -0.2) is 100 Å². The number of thioether (sulfide) groups is 2. The predicted molar refractivity (Wildman–Crippen MR) is 196 cm³/mol. The summed E-state index contributed by atoms with van der Waals surface area (Å²) in [4.78, 5) is 113. The number of hydrogen-bond acceptors (Lipinski definition) is 12. The second-order valence-electron chi connectivity index (χ2n) is 13.0. The predicted octanol–water partition coefficient (Wildman–Crippen LogP) is 2.24. The molecule has 2 aromatic carbocycles. The molecule has 280 valence electrons. The first-order valence-corrected chi connectivity index (χ1v) is 18.4. The summed E-state index contributed by atoms with van der Waals surface area (Å²) in [6.45, 7) is 0.183. The summed E-state index contributed by atoms with van der Waals surface area (Å²) in [7, 11) is 5.50. The largest absolute Gasteiger partial charge is 0.468 e. The van der Waals surface area contributed by atoms with Crippen molar-refractivity contribution in [3.8, 4) is 11.4 Å². The topological polar surface area (TPSA) is 181 Å². The number of nitrogens with zero attached hydrogens (tertiary/aromatic N) is 6. The van der Waals surface area contributed by atoms with Crippen molar-refractivity contribution >= 4 is 57.8 Å². The van der Waals surface area contributed by atoms with Gasteiger partial charge in [-0.15, -0.1) is 0 Å². The lowest BCUT2D eigenvalue weighted by Gasteiger charge is -2.45. The quantitative estimate of drug-likeness (QED) is 0.239. The molecule has 4 aromatic rings. The molecule has 1 aliphatic carbocycles. The minimum atomic E-state index is -2.12. The van der Waals surface area contributed by atoms with Gasteiger partial charge in [0.25, 0.3) is 21.6 Å². The number of ether oxygens (including phenoxy) is 2. The molecule has 1 spiro atoms. The number of para-hydroxylation sites is 2. The monoisotopic (exact) mass is 774 g/mol. The zero-order valence-electron chi connectivity index (χ0n) is 29.7. The molecule has 7 rings (SSSR count). The number of carbonyl (C=O) groups excluding carboxylic acids is 6. The smallest absolute Gasteiger partial charge is 0.325 e. The first kappa shape index (κ1) is 36.7. The van der Waals surface area contributed by atoms with E-state index in [0.717, 1.165) is 14.2 Å². The second kappa shape index (κ2) is 13.7. The van der Waals surface area contributed by atoms with E-state index in [1.807, 2.05) is 0 Å². The molecule has 0 N–H and O–H groups in total. The molecule has 4 atom stereocenters. The maximum absolute atomic E-state index is 15.2. The van der Waals surface area contributed by atoms with Gasteiger partial charge in [-0.1, -0.05) is 48.2 Å². The number of benzene rings is 2. The molecule has 2 fully saturated rings. The average Bonchev–Trinajstić information content (AvgIpc) is 3.76. The lowest BCUT2D eigenvalue weighted by molar-refractivity contribution is -0.146. The number of methoxy groups -OCH3 is 2. The van der Waals surface area contributed by atoms with Gasteiger partial charge in [-0.3, -0.25) is 57.5 Å². The Morgan fingerprint density at radius 3 is 1.81 bits per heavy atom. The van der Waals surface area contributed by atoms with Crippen LogP contribution in [0.25, 0.3) is 11.4 Å². The van der Waals surface area contributed by atoms with Crippen LogP contribution >= 0.6 is 23.5 Å². The summed E-state index contributed by atoms with van der Waals surface area (Å²) in [5, 5.41) is -3.22. The molecule has 2 aliphatic heterocycles. The van der Waals surface area contributed by atoms with Crippen molar-refractivity contribution in [1.29, 1.82) is 0 Å². The van der Waals surface area contributed by atoms with Crippen LogP contribution in [-0.2, 0) is 49.2 Å². The van der Waals surface area contributed by atoms with Crippen LogP contribution in [0.4, 0.5) is 9.59 Å². The van der Waals surface area contributed by atoms with Crippen LogP contribution in [0.15, 0.2) is 70.3 Å². The zero-order valence-corrected chi connectivity index (χ0v) is 31.3. The molecule has 2 aromatic heterocycles. The van der Waals surface area contributed by atoms with Crippen molar-refractivity contribution in [2.75, 3.05) is 27.3 Å². The summed E-state index contributed by atoms with van der Waals surface area (Å²) in [6, 6.07) is 17.4. The second-order valence-corrected chi connectivity index (χ2v) is 15.3. The van der Waals surface area contributed by atoms with Gasteiger partial charge in [-0.25, -0.2) is 9.36 Å². The first-order chi connectivity index (χ1) is 25.8. The van der Waals surface area contributed by atoms with E-state index in [-0.39, 0.29) is 17.5 Å². The number of amides is 4. The average molecular weight is 775 g/mol. The Morgan fingerprint density at radius 2 is 1.26 bits per heavy atom. The first-order valence-electron chi connectivity index (χ1n) is 16.7. The van der Waals surface area contributed by atoms with Gasteiger partial charge < -0.3 is 9.47 Å². The van der Waals surface area contributed by atoms with Gasteiger partial charge in [0.15, 0.2) is 0 Å². The molecule has 2 saturated heterocycles. The molecule has 16 nitrogen and oxygen atoms in total. The normalized spacial score (nSPS) is 22.4. The minimum Gasteiger partial charge on any atom is -0.468 e. The van der Waals surface area contributed by atoms with Gasteiger partial charge in [0.05, 0.1) is 25.6 Å². The van der Waals surface area contributed by atoms with E-state index in [9.17, 15) is 33.6 Å². The fourth-order valence-corrected chi connectivity index (χ4v) is 10.6. The molecule has 54 heavy (non-hydrogen) atoms. The number of hydrogen-bond donors (Lipinski definition) is 0. The van der Waals surface area contributed by atoms with Gasteiger partial charge in [-0.05, 0) is 49.4 Å². The third kappa shape index (κ3) is 5.37. The summed E-state index contributed by atoms with van der Waals surface area (Å²) < 4.78 is 13.4. The van der Waals surface area contributed by atoms with Crippen LogP contribution in [0.3, 0.4) is 0 Å². The number of carbonyl (C=O) groups is 6. The maximum Gasteiger partial charge on any atom is 0.325 e. The van der Waals surface area contributed by atoms with Gasteiger partial charge in [0.2, 0.25) is 11.8 Å². The molecule has 18 heteroatoms. The molecule has 0 radical (unpaired) electrons. The van der Waals surface area contributed by atoms with Crippen molar-refractivity contribution in [3.05, 3.63) is 104 Å². The highest BCUT2D eigenvalue weighted by Crippen LogP contribution is 2.62. The van der Waals surface area contributed by atoms with Crippen LogP contribution in [0.1, 0.15) is 34.4 Å². The molecule has 0 bridgehead atoms. The molecular weight excluding hydrogens is 741 g/mol. The van der Waals surface area contributed by atoms with Gasteiger partial charge in [-0.2, -0.15) is 0 Å². The highest BCUT2D eigenvalue weighted by Gasteiger charge is 2.69. The Hall–Kier alpha value is -5.62. The van der Waals surface area contributed by atoms with Crippen LogP contribution in [0.5, 0.6) is 0 Å². The molecule has 4 unspecified atom stereocenters. The number of aromatic nitrogens is 4. The van der Waals surface area contributed by atoms with Crippen molar-refractivity contribution in [2.45, 2.75) is 35.2 Å². The van der Waals surface area contributed by atoms with Gasteiger partial charge in [0, 0.05) is 48.4 Å². The van der Waals surface area contributed by atoms with E-state index >= 15 is 4.79 Å². The highest BCUT2D eigenvalue weighted by molar-refractivity contribution is 8.16. The maximum atomic E-state index is 15.2. The fraction of sp³-hybridized carbons (Fsp3) is 0.333. The van der Waals surface area contributed by atoms with E-state index in [0.29, 0.717) is 56.1 Å². The summed E-state index contributed by atoms with van der Waals surface area (Å²) in [6.07, 6.45) is -0.129. The summed E-state index contributed by atoms with van der Waals surface area (Å²) in [5.74, 6) is -6.34. The van der Waals surface area contributed by atoms with Crippen molar-refractivity contribution < 1.29 is 38.2 Å². The Labute approximate surface area is 315 Å². The number of fused-ring (bicyclic) bond motifs is 1. The Bertz CT molecular complexity index is 2380. The van der Waals surface area contributed by atoms with E-state index < -0.39 is 80.3 Å². The minimum absolute atomic E-state index is 0.0123. The van der Waals surface area contributed by atoms with Gasteiger partial charge in [0.1, 0.15) is 23.1 Å². The SMILES string of the molecule is COC(=O)CN1C(=O)SC(C2c3c(n(C)n(-c4ccccc4)c3=O)CC(c3c(C)n(C)n(-c4ccccc4)c3=O)C23SC(=O)N(CC(=O)OC)C3=O)C1=O. The number of esters is 2. The zero-order chi connectivity index (χ0) is 38.8. The lowest BCUT2D eigenvalue weighted by Crippen LogP contribution is -2.57. The number of imide groups is 2. The highest BCUT2D eigenvalue weighted by atomic mass is 32.2. The van der Waals surface area contributed by atoms with Crippen molar-refractivity contribution in [2.24, 2.45) is 14.1 Å². The summed E-state index contributed by atoms with van der Waals surface area (Å²) >= 11 is 1.03. The van der Waals surface area contributed by atoms with E-state index in [4.69, 9.17) is 9.47 Å². The molecule has 0 saturated carbocycles. The van der Waals surface area contributed by atoms with Crippen LogP contribution < -0.4 is 11.1 Å². The molecule has 3 aliphatic rings.